The summed E-state index contributed by atoms with van der Waals surface area (Å²) in [5, 5.41) is 9.03. The van der Waals surface area contributed by atoms with Crippen LogP contribution in [-0.4, -0.2) is 12.5 Å². The van der Waals surface area contributed by atoms with Crippen LogP contribution < -0.4 is 4.90 Å². The summed E-state index contributed by atoms with van der Waals surface area (Å²) in [6.45, 7) is 4.86. The number of hydrogen-bond donors (Lipinski definition) is 0. The highest BCUT2D eigenvalue weighted by Crippen LogP contribution is 2.32. The predicted molar refractivity (Wildman–Crippen MR) is 85.0 cm³/mol. The number of benzene rings is 1. The molecule has 0 radical (unpaired) electrons. The number of nitriles is 1. The topological polar surface area (TPSA) is 44.1 Å². The molecule has 106 valence electrons. The molecule has 0 unspecified atom stereocenters. The summed E-state index contributed by atoms with van der Waals surface area (Å²) in [4.78, 5) is 16.6. The van der Waals surface area contributed by atoms with Crippen LogP contribution in [0.3, 0.4) is 0 Å². The normalized spacial score (nSPS) is 13.1. The quantitative estimate of drug-likeness (QED) is 0.848. The second kappa shape index (κ2) is 5.34. The van der Waals surface area contributed by atoms with Gasteiger partial charge in [0.15, 0.2) is 0 Å². The SMILES string of the molecule is CCc1sc(C(=O)N2CCc3ccc(C#N)cc32)cc1C. The number of carbonyl (C=O) groups is 1. The molecule has 1 aliphatic rings. The fourth-order valence-electron chi connectivity index (χ4n) is 2.77. The average Bonchev–Trinajstić information content (AvgIpc) is 3.09. The minimum absolute atomic E-state index is 0.0524. The minimum atomic E-state index is 0.0524. The molecule has 0 aliphatic carbocycles. The number of amides is 1. The summed E-state index contributed by atoms with van der Waals surface area (Å²) < 4.78 is 0. The number of hydrogen-bond acceptors (Lipinski definition) is 3. The molecule has 1 aromatic heterocycles. The van der Waals surface area contributed by atoms with Crippen LogP contribution in [0, 0.1) is 18.3 Å². The van der Waals surface area contributed by atoms with Crippen molar-refractivity contribution in [1.29, 1.82) is 5.26 Å². The molecule has 3 nitrogen and oxygen atoms in total. The fraction of sp³-hybridized carbons (Fsp3) is 0.294. The number of fused-ring (bicyclic) bond motifs is 1. The van der Waals surface area contributed by atoms with E-state index in [0.717, 1.165) is 29.0 Å². The van der Waals surface area contributed by atoms with Crippen molar-refractivity contribution < 1.29 is 4.79 Å². The molecule has 4 heteroatoms. The maximum Gasteiger partial charge on any atom is 0.268 e. The standard InChI is InChI=1S/C17H16N2OS/c1-3-15-11(2)8-16(21-15)17(20)19-7-6-13-5-4-12(10-18)9-14(13)19/h4-5,8-9H,3,6-7H2,1-2H3. The smallest absolute Gasteiger partial charge is 0.268 e. The van der Waals surface area contributed by atoms with Gasteiger partial charge in [-0.1, -0.05) is 13.0 Å². The van der Waals surface area contributed by atoms with E-state index in [9.17, 15) is 4.79 Å². The summed E-state index contributed by atoms with van der Waals surface area (Å²) in [6, 6.07) is 9.72. The summed E-state index contributed by atoms with van der Waals surface area (Å²) >= 11 is 1.58. The van der Waals surface area contributed by atoms with Crippen molar-refractivity contribution in [3.63, 3.8) is 0 Å². The Morgan fingerprint density at radius 3 is 2.90 bits per heavy atom. The van der Waals surface area contributed by atoms with Gasteiger partial charge in [0.05, 0.1) is 16.5 Å². The van der Waals surface area contributed by atoms with Crippen LogP contribution in [0.2, 0.25) is 0 Å². The van der Waals surface area contributed by atoms with Crippen LogP contribution >= 0.6 is 11.3 Å². The third-order valence-corrected chi connectivity index (χ3v) is 5.28. The van der Waals surface area contributed by atoms with E-state index in [1.165, 1.54) is 10.4 Å². The van der Waals surface area contributed by atoms with Gasteiger partial charge in [-0.25, -0.2) is 0 Å². The van der Waals surface area contributed by atoms with Crippen LogP contribution in [-0.2, 0) is 12.8 Å². The van der Waals surface area contributed by atoms with Crippen LogP contribution in [0.1, 0.15) is 38.2 Å². The lowest BCUT2D eigenvalue weighted by Gasteiger charge is -2.16. The first-order valence-corrected chi connectivity index (χ1v) is 7.90. The second-order valence-corrected chi connectivity index (χ2v) is 6.37. The Morgan fingerprint density at radius 1 is 1.43 bits per heavy atom. The first-order valence-electron chi connectivity index (χ1n) is 7.08. The van der Waals surface area contributed by atoms with Gasteiger partial charge in [0.25, 0.3) is 5.91 Å². The minimum Gasteiger partial charge on any atom is -0.307 e. The van der Waals surface area contributed by atoms with E-state index < -0.39 is 0 Å². The van der Waals surface area contributed by atoms with Crippen LogP contribution in [0.4, 0.5) is 5.69 Å². The second-order valence-electron chi connectivity index (χ2n) is 5.23. The van der Waals surface area contributed by atoms with Gasteiger partial charge in [-0.15, -0.1) is 11.3 Å². The van der Waals surface area contributed by atoms with Gasteiger partial charge in [0.2, 0.25) is 0 Å². The van der Waals surface area contributed by atoms with Gasteiger partial charge >= 0.3 is 0 Å². The highest BCUT2D eigenvalue weighted by atomic mass is 32.1. The van der Waals surface area contributed by atoms with E-state index in [1.807, 2.05) is 24.3 Å². The highest BCUT2D eigenvalue weighted by molar-refractivity contribution is 7.14. The Kier molecular flexibility index (Phi) is 3.52. The Morgan fingerprint density at radius 2 is 2.24 bits per heavy atom. The van der Waals surface area contributed by atoms with Crippen molar-refractivity contribution >= 4 is 22.9 Å². The molecule has 1 aliphatic heterocycles. The van der Waals surface area contributed by atoms with E-state index in [4.69, 9.17) is 5.26 Å². The zero-order valence-corrected chi connectivity index (χ0v) is 13.0. The summed E-state index contributed by atoms with van der Waals surface area (Å²) in [5.41, 5.74) is 3.83. The fourth-order valence-corrected chi connectivity index (χ4v) is 3.83. The molecule has 0 spiro atoms. The number of thiophene rings is 1. The number of nitrogens with zero attached hydrogens (tertiary/aromatic N) is 2. The van der Waals surface area contributed by atoms with Gasteiger partial charge in [-0.2, -0.15) is 5.26 Å². The van der Waals surface area contributed by atoms with Gasteiger partial charge < -0.3 is 4.90 Å². The molecule has 1 amide bonds. The first-order chi connectivity index (χ1) is 10.1. The Bertz CT molecular complexity index is 755. The monoisotopic (exact) mass is 296 g/mol. The molecule has 0 saturated heterocycles. The maximum absolute atomic E-state index is 12.7. The molecular weight excluding hydrogens is 280 g/mol. The Hall–Kier alpha value is -2.12. The zero-order valence-electron chi connectivity index (χ0n) is 12.1. The predicted octanol–water partition coefficient (Wildman–Crippen LogP) is 3.69. The number of anilines is 1. The summed E-state index contributed by atoms with van der Waals surface area (Å²) in [6.07, 6.45) is 1.82. The Balaban J connectivity index is 1.96. The number of aryl methyl sites for hydroxylation is 2. The Labute approximate surface area is 128 Å². The third-order valence-electron chi connectivity index (χ3n) is 3.91. The molecular formula is C17H16N2OS. The molecule has 2 aromatic rings. The molecule has 21 heavy (non-hydrogen) atoms. The number of rotatable bonds is 2. The largest absolute Gasteiger partial charge is 0.307 e. The lowest BCUT2D eigenvalue weighted by molar-refractivity contribution is 0.0993. The molecule has 1 aromatic carbocycles. The van der Waals surface area contributed by atoms with Gasteiger partial charge in [-0.05, 0) is 49.1 Å². The molecule has 0 bridgehead atoms. The molecule has 0 N–H and O–H groups in total. The van der Waals surface area contributed by atoms with Gasteiger partial charge in [-0.3, -0.25) is 4.79 Å². The lowest BCUT2D eigenvalue weighted by Crippen LogP contribution is -2.28. The van der Waals surface area contributed by atoms with Crippen LogP contribution in [0.15, 0.2) is 24.3 Å². The summed E-state index contributed by atoms with van der Waals surface area (Å²) in [5.74, 6) is 0.0524. The van der Waals surface area contributed by atoms with Crippen molar-refractivity contribution in [2.24, 2.45) is 0 Å². The van der Waals surface area contributed by atoms with Gasteiger partial charge in [0.1, 0.15) is 0 Å². The summed E-state index contributed by atoms with van der Waals surface area (Å²) in [7, 11) is 0. The van der Waals surface area contributed by atoms with Crippen molar-refractivity contribution in [1.82, 2.24) is 0 Å². The molecule has 3 rings (SSSR count). The number of carbonyl (C=O) groups excluding carboxylic acids is 1. The molecule has 0 fully saturated rings. The molecule has 2 heterocycles. The van der Waals surface area contributed by atoms with E-state index in [2.05, 4.69) is 19.9 Å². The van der Waals surface area contributed by atoms with Gasteiger partial charge in [0, 0.05) is 17.1 Å². The van der Waals surface area contributed by atoms with Crippen molar-refractivity contribution in [3.05, 3.63) is 50.7 Å². The highest BCUT2D eigenvalue weighted by Gasteiger charge is 2.27. The third kappa shape index (κ3) is 2.34. The van der Waals surface area contributed by atoms with E-state index >= 15 is 0 Å². The van der Waals surface area contributed by atoms with Crippen molar-refractivity contribution in [2.75, 3.05) is 11.4 Å². The molecule has 0 saturated carbocycles. The van der Waals surface area contributed by atoms with Crippen LogP contribution in [0.5, 0.6) is 0 Å². The van der Waals surface area contributed by atoms with E-state index in [-0.39, 0.29) is 5.91 Å². The lowest BCUT2D eigenvalue weighted by atomic mass is 10.1. The van der Waals surface area contributed by atoms with Crippen LogP contribution in [0.25, 0.3) is 0 Å². The maximum atomic E-state index is 12.7. The van der Waals surface area contributed by atoms with E-state index in [1.54, 1.807) is 16.2 Å². The average molecular weight is 296 g/mol. The van der Waals surface area contributed by atoms with Crippen molar-refractivity contribution in [2.45, 2.75) is 26.7 Å². The molecule has 0 atom stereocenters. The first kappa shape index (κ1) is 13.8. The van der Waals surface area contributed by atoms with E-state index in [0.29, 0.717) is 12.1 Å². The zero-order chi connectivity index (χ0) is 15.0. The van der Waals surface area contributed by atoms with Crippen molar-refractivity contribution in [3.8, 4) is 6.07 Å².